The molecule has 1 N–H and O–H groups in total. The van der Waals surface area contributed by atoms with Crippen LogP contribution in [0.2, 0.25) is 4.47 Å². The zero-order valence-corrected chi connectivity index (χ0v) is 14.1. The molecule has 0 aliphatic carbocycles. The molecule has 0 radical (unpaired) electrons. The van der Waals surface area contributed by atoms with E-state index in [0.29, 0.717) is 16.9 Å². The maximum absolute atomic E-state index is 13.6. The first kappa shape index (κ1) is 15.6. The van der Waals surface area contributed by atoms with Gasteiger partial charge in [0.15, 0.2) is 4.47 Å². The molecule has 1 fully saturated rings. The molecule has 1 atom stereocenters. The lowest BCUT2D eigenvalue weighted by atomic mass is 9.99. The number of rotatable bonds is 4. The number of thiazole rings is 1. The minimum Gasteiger partial charge on any atom is -0.378 e. The van der Waals surface area contributed by atoms with E-state index in [1.807, 2.05) is 6.07 Å². The zero-order valence-electron chi connectivity index (χ0n) is 12.5. The Kier molecular flexibility index (Phi) is 4.84. The first-order valence-corrected chi connectivity index (χ1v) is 8.70. The largest absolute Gasteiger partial charge is 0.378 e. The molecule has 1 aromatic heterocycles. The number of anilines is 2. The number of aromatic nitrogens is 1. The van der Waals surface area contributed by atoms with Gasteiger partial charge in [0.05, 0.1) is 17.9 Å². The molecule has 1 unspecified atom stereocenters. The second-order valence-corrected chi connectivity index (χ2v) is 7.49. The molecule has 0 amide bonds. The highest BCUT2D eigenvalue weighted by atomic mass is 35.5. The molecule has 2 aromatic rings. The van der Waals surface area contributed by atoms with Crippen molar-refractivity contribution in [1.29, 1.82) is 0 Å². The van der Waals surface area contributed by atoms with E-state index >= 15 is 0 Å². The third kappa shape index (κ3) is 3.70. The molecule has 1 aliphatic heterocycles. The van der Waals surface area contributed by atoms with Gasteiger partial charge in [0.1, 0.15) is 5.82 Å². The number of benzene rings is 1. The lowest BCUT2D eigenvalue weighted by Gasteiger charge is -2.34. The number of hydrogen-bond donors (Lipinski definition) is 1. The van der Waals surface area contributed by atoms with E-state index in [0.717, 1.165) is 29.3 Å². The summed E-state index contributed by atoms with van der Waals surface area (Å²) in [4.78, 5) is 7.41. The molecular weight excluding hydrogens is 321 g/mol. The van der Waals surface area contributed by atoms with E-state index in [4.69, 9.17) is 11.6 Å². The highest BCUT2D eigenvalue weighted by Crippen LogP contribution is 2.31. The van der Waals surface area contributed by atoms with Crippen molar-refractivity contribution in [3.05, 3.63) is 39.6 Å². The van der Waals surface area contributed by atoms with Crippen LogP contribution in [0.4, 0.5) is 15.8 Å². The van der Waals surface area contributed by atoms with Crippen molar-refractivity contribution in [1.82, 2.24) is 4.98 Å². The summed E-state index contributed by atoms with van der Waals surface area (Å²) in [7, 11) is 0. The summed E-state index contributed by atoms with van der Waals surface area (Å²) >= 11 is 7.29. The normalized spacial score (nSPS) is 18.5. The molecule has 118 valence electrons. The van der Waals surface area contributed by atoms with Crippen LogP contribution >= 0.6 is 22.9 Å². The fourth-order valence-corrected chi connectivity index (χ4v) is 3.80. The van der Waals surface area contributed by atoms with E-state index in [2.05, 4.69) is 22.1 Å². The molecule has 0 bridgehead atoms. The van der Waals surface area contributed by atoms with E-state index in [9.17, 15) is 4.39 Å². The lowest BCUT2D eigenvalue weighted by molar-refractivity contribution is 0.447. The smallest absolute Gasteiger partial charge is 0.183 e. The summed E-state index contributed by atoms with van der Waals surface area (Å²) in [5, 5.41) is 3.33. The summed E-state index contributed by atoms with van der Waals surface area (Å²) in [6.07, 6.45) is 4.20. The highest BCUT2D eigenvalue weighted by Gasteiger charge is 2.19. The SMILES string of the molecule is CC1CCCN(c2ccc(F)cc2NCc2cnc(Cl)s2)C1. The Labute approximate surface area is 139 Å². The lowest BCUT2D eigenvalue weighted by Crippen LogP contribution is -2.34. The van der Waals surface area contributed by atoms with Crippen molar-refractivity contribution in [2.75, 3.05) is 23.3 Å². The molecule has 3 rings (SSSR count). The second kappa shape index (κ2) is 6.84. The molecule has 3 nitrogen and oxygen atoms in total. The Morgan fingerprint density at radius 2 is 2.36 bits per heavy atom. The number of halogens is 2. The fourth-order valence-electron chi connectivity index (χ4n) is 2.88. The monoisotopic (exact) mass is 339 g/mol. The number of piperidine rings is 1. The van der Waals surface area contributed by atoms with Crippen molar-refractivity contribution < 1.29 is 4.39 Å². The number of nitrogens with zero attached hydrogens (tertiary/aromatic N) is 2. The molecule has 0 saturated carbocycles. The van der Waals surface area contributed by atoms with E-state index in [1.54, 1.807) is 12.3 Å². The first-order chi connectivity index (χ1) is 10.6. The van der Waals surface area contributed by atoms with Crippen LogP contribution in [0.5, 0.6) is 0 Å². The van der Waals surface area contributed by atoms with Gasteiger partial charge in [-0.15, -0.1) is 11.3 Å². The van der Waals surface area contributed by atoms with Crippen LogP contribution in [-0.2, 0) is 6.54 Å². The fraction of sp³-hybridized carbons (Fsp3) is 0.438. The molecule has 1 aliphatic rings. The summed E-state index contributed by atoms with van der Waals surface area (Å²) < 4.78 is 14.2. The highest BCUT2D eigenvalue weighted by molar-refractivity contribution is 7.15. The third-order valence-electron chi connectivity index (χ3n) is 3.93. The van der Waals surface area contributed by atoms with Gasteiger partial charge in [0.2, 0.25) is 0 Å². The Morgan fingerprint density at radius 1 is 1.50 bits per heavy atom. The maximum Gasteiger partial charge on any atom is 0.183 e. The van der Waals surface area contributed by atoms with E-state index < -0.39 is 0 Å². The molecular formula is C16H19ClFN3S. The summed E-state index contributed by atoms with van der Waals surface area (Å²) in [5.74, 6) is 0.450. The van der Waals surface area contributed by atoms with Gasteiger partial charge in [-0.3, -0.25) is 0 Å². The van der Waals surface area contributed by atoms with Crippen LogP contribution in [0, 0.1) is 11.7 Å². The van der Waals surface area contributed by atoms with Gasteiger partial charge in [-0.25, -0.2) is 9.37 Å². The van der Waals surface area contributed by atoms with Crippen molar-refractivity contribution in [2.45, 2.75) is 26.3 Å². The van der Waals surface area contributed by atoms with Crippen LogP contribution in [0.3, 0.4) is 0 Å². The average Bonchev–Trinajstić information content (AvgIpc) is 2.91. The summed E-state index contributed by atoms with van der Waals surface area (Å²) in [6, 6.07) is 4.97. The quantitative estimate of drug-likeness (QED) is 0.868. The van der Waals surface area contributed by atoms with Crippen LogP contribution in [-0.4, -0.2) is 18.1 Å². The Hall–Kier alpha value is -1.33. The van der Waals surface area contributed by atoms with Gasteiger partial charge in [0.25, 0.3) is 0 Å². The van der Waals surface area contributed by atoms with E-state index in [1.165, 1.54) is 30.2 Å². The average molecular weight is 340 g/mol. The Bertz CT molecular complexity index is 646. The molecule has 22 heavy (non-hydrogen) atoms. The van der Waals surface area contributed by atoms with Crippen molar-refractivity contribution in [2.24, 2.45) is 5.92 Å². The predicted octanol–water partition coefficient (Wildman–Crippen LogP) is 4.78. The van der Waals surface area contributed by atoms with Crippen LogP contribution in [0.1, 0.15) is 24.6 Å². The summed E-state index contributed by atoms with van der Waals surface area (Å²) in [6.45, 7) is 4.91. The summed E-state index contributed by atoms with van der Waals surface area (Å²) in [5.41, 5.74) is 1.90. The first-order valence-electron chi connectivity index (χ1n) is 7.50. The standard InChI is InChI=1S/C16H19ClFN3S/c1-11-3-2-6-21(10-11)15-5-4-12(18)7-14(15)19-8-13-9-20-16(17)22-13/h4-5,7,9,11,19H,2-3,6,8,10H2,1H3. The minimum atomic E-state index is -0.223. The molecule has 1 aromatic carbocycles. The van der Waals surface area contributed by atoms with Crippen LogP contribution < -0.4 is 10.2 Å². The minimum absolute atomic E-state index is 0.223. The van der Waals surface area contributed by atoms with Gasteiger partial charge < -0.3 is 10.2 Å². The maximum atomic E-state index is 13.6. The molecule has 2 heterocycles. The van der Waals surface area contributed by atoms with Gasteiger partial charge in [-0.1, -0.05) is 18.5 Å². The van der Waals surface area contributed by atoms with Crippen molar-refractivity contribution >= 4 is 34.3 Å². The van der Waals surface area contributed by atoms with Crippen LogP contribution in [0.15, 0.2) is 24.4 Å². The van der Waals surface area contributed by atoms with Crippen molar-refractivity contribution in [3.63, 3.8) is 0 Å². The number of hydrogen-bond acceptors (Lipinski definition) is 4. The number of nitrogens with one attached hydrogen (secondary N) is 1. The van der Waals surface area contributed by atoms with Gasteiger partial charge in [-0.2, -0.15) is 0 Å². The third-order valence-corrected chi connectivity index (χ3v) is 5.05. The van der Waals surface area contributed by atoms with Crippen LogP contribution in [0.25, 0.3) is 0 Å². The van der Waals surface area contributed by atoms with Gasteiger partial charge in [-0.05, 0) is 37.0 Å². The second-order valence-electron chi connectivity index (χ2n) is 5.79. The zero-order chi connectivity index (χ0) is 15.5. The predicted molar refractivity (Wildman–Crippen MR) is 91.5 cm³/mol. The Balaban J connectivity index is 1.78. The van der Waals surface area contributed by atoms with E-state index in [-0.39, 0.29) is 5.82 Å². The van der Waals surface area contributed by atoms with Gasteiger partial charge >= 0.3 is 0 Å². The topological polar surface area (TPSA) is 28.2 Å². The molecule has 6 heteroatoms. The molecule has 1 saturated heterocycles. The Morgan fingerprint density at radius 3 is 3.09 bits per heavy atom. The molecule has 0 spiro atoms. The van der Waals surface area contributed by atoms with Gasteiger partial charge in [0, 0.05) is 24.2 Å². The van der Waals surface area contributed by atoms with Crippen molar-refractivity contribution in [3.8, 4) is 0 Å².